The van der Waals surface area contributed by atoms with Gasteiger partial charge in [0.2, 0.25) is 0 Å². The number of nitrogens with one attached hydrogen (secondary N) is 1. The lowest BCUT2D eigenvalue weighted by Crippen LogP contribution is -2.31. The average Bonchev–Trinajstić information content (AvgIpc) is 2.90. The molecule has 0 radical (unpaired) electrons. The van der Waals surface area contributed by atoms with Crippen molar-refractivity contribution in [2.75, 3.05) is 6.54 Å². The molecular formula is C11H16N4S. The zero-order chi connectivity index (χ0) is 11.2. The van der Waals surface area contributed by atoms with Gasteiger partial charge in [-0.05, 0) is 24.8 Å². The standard InChI is InChI=1S/C11H16N4S/c1-10(9-11-3-2-8-16-11)12-4-6-15-7-5-13-14-15/h2-3,5,7-8,10,12H,4,6,9H2,1H3. The van der Waals surface area contributed by atoms with E-state index in [1.54, 1.807) is 6.20 Å². The Morgan fingerprint density at radius 2 is 2.50 bits per heavy atom. The molecule has 1 unspecified atom stereocenters. The summed E-state index contributed by atoms with van der Waals surface area (Å²) in [5.41, 5.74) is 0. The minimum absolute atomic E-state index is 0.502. The highest BCUT2D eigenvalue weighted by atomic mass is 32.1. The summed E-state index contributed by atoms with van der Waals surface area (Å²) in [6, 6.07) is 4.78. The third-order valence-electron chi connectivity index (χ3n) is 2.39. The molecule has 0 aromatic carbocycles. The predicted molar refractivity (Wildman–Crippen MR) is 65.5 cm³/mol. The van der Waals surface area contributed by atoms with Gasteiger partial charge in [0, 0.05) is 23.7 Å². The molecule has 0 aliphatic rings. The van der Waals surface area contributed by atoms with E-state index in [1.165, 1.54) is 4.88 Å². The van der Waals surface area contributed by atoms with Crippen LogP contribution in [0.5, 0.6) is 0 Å². The molecule has 0 fully saturated rings. The smallest absolute Gasteiger partial charge is 0.0692 e. The van der Waals surface area contributed by atoms with E-state index >= 15 is 0 Å². The van der Waals surface area contributed by atoms with E-state index in [0.717, 1.165) is 19.5 Å². The van der Waals surface area contributed by atoms with Crippen LogP contribution < -0.4 is 5.32 Å². The van der Waals surface area contributed by atoms with Gasteiger partial charge in [-0.15, -0.1) is 16.4 Å². The van der Waals surface area contributed by atoms with Crippen LogP contribution in [0, 0.1) is 0 Å². The molecule has 2 aromatic heterocycles. The predicted octanol–water partition coefficient (Wildman–Crippen LogP) is 1.56. The molecule has 0 aliphatic heterocycles. The Bertz CT molecular complexity index is 382. The van der Waals surface area contributed by atoms with Crippen LogP contribution in [0.1, 0.15) is 11.8 Å². The Kier molecular flexibility index (Phi) is 4.07. The SMILES string of the molecule is CC(Cc1cccs1)NCCn1ccnn1. The fourth-order valence-corrected chi connectivity index (χ4v) is 2.42. The van der Waals surface area contributed by atoms with Gasteiger partial charge < -0.3 is 5.32 Å². The third kappa shape index (κ3) is 3.43. The van der Waals surface area contributed by atoms with Crippen molar-refractivity contribution < 1.29 is 0 Å². The van der Waals surface area contributed by atoms with Crippen LogP contribution in [0.25, 0.3) is 0 Å². The number of nitrogens with zero attached hydrogens (tertiary/aromatic N) is 3. The normalized spacial score (nSPS) is 12.8. The van der Waals surface area contributed by atoms with E-state index in [0.29, 0.717) is 6.04 Å². The highest BCUT2D eigenvalue weighted by Crippen LogP contribution is 2.10. The van der Waals surface area contributed by atoms with E-state index in [-0.39, 0.29) is 0 Å². The quantitative estimate of drug-likeness (QED) is 0.827. The Labute approximate surface area is 99.3 Å². The summed E-state index contributed by atoms with van der Waals surface area (Å²) in [6.45, 7) is 4.01. The van der Waals surface area contributed by atoms with Crippen LogP contribution in [0.3, 0.4) is 0 Å². The molecule has 0 amide bonds. The summed E-state index contributed by atoms with van der Waals surface area (Å²) < 4.78 is 1.84. The molecule has 0 saturated carbocycles. The van der Waals surface area contributed by atoms with Gasteiger partial charge in [0.1, 0.15) is 0 Å². The maximum absolute atomic E-state index is 3.92. The first-order chi connectivity index (χ1) is 7.84. The minimum Gasteiger partial charge on any atom is -0.312 e. The second kappa shape index (κ2) is 5.77. The van der Waals surface area contributed by atoms with Crippen molar-refractivity contribution in [1.82, 2.24) is 20.3 Å². The highest BCUT2D eigenvalue weighted by Gasteiger charge is 2.03. The monoisotopic (exact) mass is 236 g/mol. The van der Waals surface area contributed by atoms with Crippen LogP contribution in [0.15, 0.2) is 29.9 Å². The molecule has 86 valence electrons. The molecule has 1 atom stereocenters. The van der Waals surface area contributed by atoms with Gasteiger partial charge >= 0.3 is 0 Å². The van der Waals surface area contributed by atoms with Gasteiger partial charge in [0.05, 0.1) is 12.7 Å². The van der Waals surface area contributed by atoms with E-state index < -0.39 is 0 Å². The average molecular weight is 236 g/mol. The molecular weight excluding hydrogens is 220 g/mol. The molecule has 0 saturated heterocycles. The van der Waals surface area contributed by atoms with Crippen LogP contribution in [0.2, 0.25) is 0 Å². The summed E-state index contributed by atoms with van der Waals surface area (Å²) in [5.74, 6) is 0. The van der Waals surface area contributed by atoms with Crippen LogP contribution >= 0.6 is 11.3 Å². The molecule has 1 N–H and O–H groups in total. The van der Waals surface area contributed by atoms with Crippen molar-refractivity contribution in [2.24, 2.45) is 0 Å². The molecule has 0 spiro atoms. The fourth-order valence-electron chi connectivity index (χ4n) is 1.58. The van der Waals surface area contributed by atoms with Gasteiger partial charge in [-0.25, -0.2) is 0 Å². The van der Waals surface area contributed by atoms with E-state index in [2.05, 4.69) is 40.1 Å². The Hall–Kier alpha value is -1.20. The molecule has 16 heavy (non-hydrogen) atoms. The van der Waals surface area contributed by atoms with Crippen molar-refractivity contribution >= 4 is 11.3 Å². The summed E-state index contributed by atoms with van der Waals surface area (Å²) in [4.78, 5) is 1.43. The molecule has 0 aliphatic carbocycles. The molecule has 0 bridgehead atoms. The number of thiophene rings is 1. The van der Waals surface area contributed by atoms with Gasteiger partial charge in [-0.3, -0.25) is 4.68 Å². The lowest BCUT2D eigenvalue weighted by Gasteiger charge is -2.12. The highest BCUT2D eigenvalue weighted by molar-refractivity contribution is 7.09. The minimum atomic E-state index is 0.502. The van der Waals surface area contributed by atoms with Gasteiger partial charge in [0.15, 0.2) is 0 Å². The first kappa shape index (κ1) is 11.3. The second-order valence-electron chi connectivity index (χ2n) is 3.80. The zero-order valence-electron chi connectivity index (χ0n) is 9.34. The lowest BCUT2D eigenvalue weighted by atomic mass is 10.2. The van der Waals surface area contributed by atoms with Crippen molar-refractivity contribution in [3.8, 4) is 0 Å². The first-order valence-corrected chi connectivity index (χ1v) is 6.32. The molecule has 5 heteroatoms. The Morgan fingerprint density at radius 1 is 1.56 bits per heavy atom. The largest absolute Gasteiger partial charge is 0.312 e. The fraction of sp³-hybridized carbons (Fsp3) is 0.455. The summed E-state index contributed by atoms with van der Waals surface area (Å²) >= 11 is 1.81. The summed E-state index contributed by atoms with van der Waals surface area (Å²) in [6.07, 6.45) is 4.68. The van der Waals surface area contributed by atoms with E-state index in [4.69, 9.17) is 0 Å². The first-order valence-electron chi connectivity index (χ1n) is 5.44. The number of hydrogen-bond donors (Lipinski definition) is 1. The Morgan fingerprint density at radius 3 is 3.19 bits per heavy atom. The molecule has 2 rings (SSSR count). The zero-order valence-corrected chi connectivity index (χ0v) is 10.2. The van der Waals surface area contributed by atoms with Crippen molar-refractivity contribution in [3.05, 3.63) is 34.8 Å². The van der Waals surface area contributed by atoms with Gasteiger partial charge in [-0.1, -0.05) is 11.3 Å². The Balaban J connectivity index is 1.66. The van der Waals surface area contributed by atoms with E-state index in [1.807, 2.05) is 22.2 Å². The summed E-state index contributed by atoms with van der Waals surface area (Å²) in [7, 11) is 0. The van der Waals surface area contributed by atoms with Crippen molar-refractivity contribution in [2.45, 2.75) is 25.9 Å². The number of hydrogen-bond acceptors (Lipinski definition) is 4. The molecule has 2 heterocycles. The molecule has 4 nitrogen and oxygen atoms in total. The second-order valence-corrected chi connectivity index (χ2v) is 4.84. The summed E-state index contributed by atoms with van der Waals surface area (Å²) in [5, 5.41) is 13.3. The maximum Gasteiger partial charge on any atom is 0.0692 e. The van der Waals surface area contributed by atoms with Gasteiger partial charge in [-0.2, -0.15) is 0 Å². The van der Waals surface area contributed by atoms with Crippen LogP contribution in [-0.4, -0.2) is 27.6 Å². The lowest BCUT2D eigenvalue weighted by molar-refractivity contribution is 0.488. The van der Waals surface area contributed by atoms with E-state index in [9.17, 15) is 0 Å². The molecule has 2 aromatic rings. The van der Waals surface area contributed by atoms with Gasteiger partial charge in [0.25, 0.3) is 0 Å². The van der Waals surface area contributed by atoms with Crippen molar-refractivity contribution in [3.63, 3.8) is 0 Å². The topological polar surface area (TPSA) is 42.7 Å². The van der Waals surface area contributed by atoms with Crippen LogP contribution in [0.4, 0.5) is 0 Å². The van der Waals surface area contributed by atoms with Crippen LogP contribution in [-0.2, 0) is 13.0 Å². The number of rotatable bonds is 6. The third-order valence-corrected chi connectivity index (χ3v) is 3.29. The van der Waals surface area contributed by atoms with Crippen molar-refractivity contribution in [1.29, 1.82) is 0 Å². The maximum atomic E-state index is 3.92. The number of aromatic nitrogens is 3.